The summed E-state index contributed by atoms with van der Waals surface area (Å²) in [6.45, 7) is 12.5. The van der Waals surface area contributed by atoms with Gasteiger partial charge in [-0.1, -0.05) is 19.9 Å². The number of aryl methyl sites for hydroxylation is 1. The van der Waals surface area contributed by atoms with Gasteiger partial charge in [0.15, 0.2) is 0 Å². The van der Waals surface area contributed by atoms with Gasteiger partial charge in [-0.2, -0.15) is 0 Å². The lowest BCUT2D eigenvalue weighted by atomic mass is 10.1. The summed E-state index contributed by atoms with van der Waals surface area (Å²) < 4.78 is 0. The minimum Gasteiger partial charge on any atom is -0.395 e. The first-order valence-corrected chi connectivity index (χ1v) is 7.24. The molecular formula is C16H28N2O. The fourth-order valence-electron chi connectivity index (χ4n) is 2.16. The van der Waals surface area contributed by atoms with Crippen LogP contribution < -0.4 is 10.2 Å². The molecule has 1 rings (SSSR count). The van der Waals surface area contributed by atoms with Gasteiger partial charge in [0.2, 0.25) is 0 Å². The zero-order valence-corrected chi connectivity index (χ0v) is 12.7. The maximum atomic E-state index is 9.07. The third-order valence-corrected chi connectivity index (χ3v) is 3.31. The molecule has 0 saturated carbocycles. The molecule has 0 saturated heterocycles. The molecule has 1 aromatic carbocycles. The van der Waals surface area contributed by atoms with Crippen molar-refractivity contribution in [3.05, 3.63) is 29.3 Å². The Morgan fingerprint density at radius 2 is 2.05 bits per heavy atom. The SMILES string of the molecule is CCN(CCO)c1ccc(CNCC(C)C)c(C)c1. The molecule has 108 valence electrons. The Morgan fingerprint density at radius 1 is 1.32 bits per heavy atom. The topological polar surface area (TPSA) is 35.5 Å². The van der Waals surface area contributed by atoms with Gasteiger partial charge in [-0.3, -0.25) is 0 Å². The largest absolute Gasteiger partial charge is 0.395 e. The molecule has 0 spiro atoms. The molecule has 0 radical (unpaired) electrons. The molecule has 0 fully saturated rings. The van der Waals surface area contributed by atoms with Crippen molar-refractivity contribution < 1.29 is 5.11 Å². The van der Waals surface area contributed by atoms with E-state index in [4.69, 9.17) is 5.11 Å². The monoisotopic (exact) mass is 264 g/mol. The molecule has 19 heavy (non-hydrogen) atoms. The highest BCUT2D eigenvalue weighted by Crippen LogP contribution is 2.19. The maximum absolute atomic E-state index is 9.07. The van der Waals surface area contributed by atoms with Crippen LogP contribution in [0.2, 0.25) is 0 Å². The summed E-state index contributed by atoms with van der Waals surface area (Å²) in [5.41, 5.74) is 3.86. The lowest BCUT2D eigenvalue weighted by molar-refractivity contribution is 0.302. The van der Waals surface area contributed by atoms with E-state index in [9.17, 15) is 0 Å². The molecule has 2 N–H and O–H groups in total. The van der Waals surface area contributed by atoms with Crippen molar-refractivity contribution in [2.24, 2.45) is 5.92 Å². The van der Waals surface area contributed by atoms with E-state index in [1.807, 2.05) is 0 Å². The van der Waals surface area contributed by atoms with Crippen molar-refractivity contribution in [2.45, 2.75) is 34.2 Å². The number of rotatable bonds is 8. The number of anilines is 1. The number of hydrogen-bond acceptors (Lipinski definition) is 3. The van der Waals surface area contributed by atoms with Crippen LogP contribution in [0, 0.1) is 12.8 Å². The molecule has 1 aromatic rings. The van der Waals surface area contributed by atoms with Crippen LogP contribution in [0.5, 0.6) is 0 Å². The van der Waals surface area contributed by atoms with Crippen molar-refractivity contribution in [3.8, 4) is 0 Å². The first-order chi connectivity index (χ1) is 9.08. The smallest absolute Gasteiger partial charge is 0.0606 e. The Morgan fingerprint density at radius 3 is 2.58 bits per heavy atom. The van der Waals surface area contributed by atoms with Crippen LogP contribution >= 0.6 is 0 Å². The normalized spacial score (nSPS) is 11.1. The van der Waals surface area contributed by atoms with E-state index >= 15 is 0 Å². The molecule has 0 unspecified atom stereocenters. The third-order valence-electron chi connectivity index (χ3n) is 3.31. The molecule has 0 aliphatic carbocycles. The van der Waals surface area contributed by atoms with Crippen LogP contribution in [-0.4, -0.2) is 31.3 Å². The van der Waals surface area contributed by atoms with E-state index in [2.05, 4.69) is 56.1 Å². The molecule has 3 nitrogen and oxygen atoms in total. The number of nitrogens with one attached hydrogen (secondary N) is 1. The average Bonchev–Trinajstić information content (AvgIpc) is 2.37. The minimum atomic E-state index is 0.199. The Labute approximate surface area is 117 Å². The highest BCUT2D eigenvalue weighted by Gasteiger charge is 2.06. The van der Waals surface area contributed by atoms with Crippen LogP contribution in [0.4, 0.5) is 5.69 Å². The van der Waals surface area contributed by atoms with Crippen molar-refractivity contribution in [2.75, 3.05) is 31.1 Å². The van der Waals surface area contributed by atoms with Gasteiger partial charge in [-0.05, 0) is 49.6 Å². The van der Waals surface area contributed by atoms with Gasteiger partial charge < -0.3 is 15.3 Å². The van der Waals surface area contributed by atoms with Gasteiger partial charge in [0.1, 0.15) is 0 Å². The van der Waals surface area contributed by atoms with E-state index in [1.165, 1.54) is 16.8 Å². The van der Waals surface area contributed by atoms with Gasteiger partial charge in [0.05, 0.1) is 6.61 Å². The lowest BCUT2D eigenvalue weighted by Crippen LogP contribution is -2.26. The highest BCUT2D eigenvalue weighted by atomic mass is 16.3. The Balaban J connectivity index is 2.68. The van der Waals surface area contributed by atoms with Crippen LogP contribution in [0.25, 0.3) is 0 Å². The van der Waals surface area contributed by atoms with E-state index < -0.39 is 0 Å². The fourth-order valence-corrected chi connectivity index (χ4v) is 2.16. The molecule has 0 atom stereocenters. The summed E-state index contributed by atoms with van der Waals surface area (Å²) in [5, 5.41) is 12.5. The predicted molar refractivity (Wildman–Crippen MR) is 82.7 cm³/mol. The molecule has 0 aromatic heterocycles. The second-order valence-corrected chi connectivity index (χ2v) is 5.44. The molecule has 0 aliphatic heterocycles. The van der Waals surface area contributed by atoms with Crippen molar-refractivity contribution >= 4 is 5.69 Å². The minimum absolute atomic E-state index is 0.199. The number of nitrogens with zero attached hydrogens (tertiary/aromatic N) is 1. The molecule has 3 heteroatoms. The first-order valence-electron chi connectivity index (χ1n) is 7.24. The van der Waals surface area contributed by atoms with Crippen molar-refractivity contribution in [1.29, 1.82) is 0 Å². The van der Waals surface area contributed by atoms with Crippen LogP contribution in [0.1, 0.15) is 31.9 Å². The summed E-state index contributed by atoms with van der Waals surface area (Å²) >= 11 is 0. The first kappa shape index (κ1) is 16.0. The molecule has 0 heterocycles. The zero-order valence-electron chi connectivity index (χ0n) is 12.7. The molecule has 0 aliphatic rings. The Kier molecular flexibility index (Phi) is 6.89. The van der Waals surface area contributed by atoms with Gasteiger partial charge in [0.25, 0.3) is 0 Å². The summed E-state index contributed by atoms with van der Waals surface area (Å²) in [6.07, 6.45) is 0. The molecular weight excluding hydrogens is 236 g/mol. The quantitative estimate of drug-likeness (QED) is 0.757. The maximum Gasteiger partial charge on any atom is 0.0606 e. The lowest BCUT2D eigenvalue weighted by Gasteiger charge is -2.23. The van der Waals surface area contributed by atoms with Crippen LogP contribution in [-0.2, 0) is 6.54 Å². The number of aliphatic hydroxyl groups excluding tert-OH is 1. The summed E-state index contributed by atoms with van der Waals surface area (Å²) in [5.74, 6) is 0.680. The Bertz CT molecular complexity index is 377. The summed E-state index contributed by atoms with van der Waals surface area (Å²) in [7, 11) is 0. The van der Waals surface area contributed by atoms with E-state index in [-0.39, 0.29) is 6.61 Å². The number of likely N-dealkylation sites (N-methyl/N-ethyl adjacent to an activating group) is 1. The average molecular weight is 264 g/mol. The van der Waals surface area contributed by atoms with Crippen LogP contribution in [0.3, 0.4) is 0 Å². The number of benzene rings is 1. The standard InChI is InChI=1S/C16H28N2O/c1-5-18(8-9-19)16-7-6-15(14(4)10-16)12-17-11-13(2)3/h6-7,10,13,17,19H,5,8-9,11-12H2,1-4H3. The third kappa shape index (κ3) is 5.21. The van der Waals surface area contributed by atoms with E-state index in [1.54, 1.807) is 0 Å². The summed E-state index contributed by atoms with van der Waals surface area (Å²) in [6, 6.07) is 6.56. The number of aliphatic hydroxyl groups is 1. The van der Waals surface area contributed by atoms with Crippen molar-refractivity contribution in [3.63, 3.8) is 0 Å². The highest BCUT2D eigenvalue weighted by molar-refractivity contribution is 5.50. The summed E-state index contributed by atoms with van der Waals surface area (Å²) in [4.78, 5) is 2.19. The predicted octanol–water partition coefficient (Wildman–Crippen LogP) is 2.56. The second kappa shape index (κ2) is 8.18. The van der Waals surface area contributed by atoms with Gasteiger partial charge >= 0.3 is 0 Å². The van der Waals surface area contributed by atoms with Gasteiger partial charge in [-0.15, -0.1) is 0 Å². The van der Waals surface area contributed by atoms with Gasteiger partial charge in [-0.25, -0.2) is 0 Å². The van der Waals surface area contributed by atoms with Crippen molar-refractivity contribution in [1.82, 2.24) is 5.32 Å². The Hall–Kier alpha value is -1.06. The van der Waals surface area contributed by atoms with Crippen LogP contribution in [0.15, 0.2) is 18.2 Å². The molecule has 0 amide bonds. The van der Waals surface area contributed by atoms with Gasteiger partial charge in [0, 0.05) is 25.3 Å². The zero-order chi connectivity index (χ0) is 14.3. The van der Waals surface area contributed by atoms with E-state index in [0.29, 0.717) is 12.5 Å². The number of hydrogen-bond donors (Lipinski definition) is 2. The van der Waals surface area contributed by atoms with E-state index in [0.717, 1.165) is 19.6 Å². The molecule has 0 bridgehead atoms. The fraction of sp³-hybridized carbons (Fsp3) is 0.625. The second-order valence-electron chi connectivity index (χ2n) is 5.44.